The summed E-state index contributed by atoms with van der Waals surface area (Å²) in [6, 6.07) is 6.37. The van der Waals surface area contributed by atoms with Crippen LogP contribution in [0.4, 0.5) is 4.39 Å². The van der Waals surface area contributed by atoms with E-state index in [0.29, 0.717) is 6.54 Å². The van der Waals surface area contributed by atoms with Gasteiger partial charge in [0.25, 0.3) is 0 Å². The standard InChI is InChI=1S/C15H22FN3O/c1-2-13(17)14(10-4-3-5-12(16)8-10)19-7-6-11(9-19)15(18)20/h3-5,8,11,13-14H,2,6-7,9,17H2,1H3,(H2,18,20). The van der Waals surface area contributed by atoms with Gasteiger partial charge in [-0.1, -0.05) is 19.1 Å². The van der Waals surface area contributed by atoms with E-state index in [9.17, 15) is 9.18 Å². The number of primary amides is 1. The van der Waals surface area contributed by atoms with Crippen molar-refractivity contribution >= 4 is 5.91 Å². The van der Waals surface area contributed by atoms with Gasteiger partial charge in [0.05, 0.1) is 5.92 Å². The Labute approximate surface area is 118 Å². The topological polar surface area (TPSA) is 72.3 Å². The van der Waals surface area contributed by atoms with Crippen LogP contribution in [0.2, 0.25) is 0 Å². The molecule has 1 aromatic carbocycles. The average molecular weight is 279 g/mol. The first-order chi connectivity index (χ1) is 9.52. The van der Waals surface area contributed by atoms with Gasteiger partial charge in [0, 0.05) is 18.6 Å². The number of carbonyl (C=O) groups is 1. The first-order valence-electron chi connectivity index (χ1n) is 7.07. The molecule has 4 nitrogen and oxygen atoms in total. The Hall–Kier alpha value is -1.46. The summed E-state index contributed by atoms with van der Waals surface area (Å²) >= 11 is 0. The molecule has 1 fully saturated rings. The summed E-state index contributed by atoms with van der Waals surface area (Å²) in [5.41, 5.74) is 12.5. The van der Waals surface area contributed by atoms with Gasteiger partial charge in [-0.05, 0) is 37.1 Å². The van der Waals surface area contributed by atoms with Crippen LogP contribution in [-0.4, -0.2) is 29.9 Å². The van der Waals surface area contributed by atoms with Crippen molar-refractivity contribution < 1.29 is 9.18 Å². The lowest BCUT2D eigenvalue weighted by Crippen LogP contribution is -2.40. The quantitative estimate of drug-likeness (QED) is 0.856. The molecule has 20 heavy (non-hydrogen) atoms. The molecule has 3 unspecified atom stereocenters. The molecule has 1 aliphatic heterocycles. The highest BCUT2D eigenvalue weighted by molar-refractivity contribution is 5.77. The number of rotatable bonds is 5. The molecule has 5 heteroatoms. The molecule has 4 N–H and O–H groups in total. The molecule has 1 aromatic rings. The average Bonchev–Trinajstić information content (AvgIpc) is 2.88. The van der Waals surface area contributed by atoms with Crippen molar-refractivity contribution in [3.05, 3.63) is 35.6 Å². The number of benzene rings is 1. The summed E-state index contributed by atoms with van der Waals surface area (Å²) in [5, 5.41) is 0. The Balaban J connectivity index is 2.23. The second-order valence-electron chi connectivity index (χ2n) is 5.45. The maximum absolute atomic E-state index is 13.5. The van der Waals surface area contributed by atoms with E-state index in [1.807, 2.05) is 13.0 Å². The number of hydrogen-bond donors (Lipinski definition) is 2. The van der Waals surface area contributed by atoms with Gasteiger partial charge < -0.3 is 11.5 Å². The lowest BCUT2D eigenvalue weighted by molar-refractivity contribution is -0.121. The fraction of sp³-hybridized carbons (Fsp3) is 0.533. The van der Waals surface area contributed by atoms with Crippen LogP contribution in [0.15, 0.2) is 24.3 Å². The zero-order valence-electron chi connectivity index (χ0n) is 11.8. The van der Waals surface area contributed by atoms with E-state index in [1.165, 1.54) is 12.1 Å². The number of amides is 1. The van der Waals surface area contributed by atoms with Crippen LogP contribution in [0, 0.1) is 11.7 Å². The summed E-state index contributed by atoms with van der Waals surface area (Å²) in [5.74, 6) is -0.660. The van der Waals surface area contributed by atoms with E-state index in [-0.39, 0.29) is 29.7 Å². The van der Waals surface area contributed by atoms with Gasteiger partial charge in [-0.2, -0.15) is 0 Å². The Morgan fingerprint density at radius 2 is 2.30 bits per heavy atom. The summed E-state index contributed by atoms with van der Waals surface area (Å²) in [6.07, 6.45) is 1.54. The SMILES string of the molecule is CCC(N)C(c1cccc(F)c1)N1CCC(C(N)=O)C1. The monoisotopic (exact) mass is 279 g/mol. The number of nitrogens with two attached hydrogens (primary N) is 2. The molecule has 3 atom stereocenters. The molecule has 0 radical (unpaired) electrons. The van der Waals surface area contributed by atoms with Crippen LogP contribution in [-0.2, 0) is 4.79 Å². The van der Waals surface area contributed by atoms with Gasteiger partial charge in [-0.25, -0.2) is 4.39 Å². The van der Waals surface area contributed by atoms with Crippen LogP contribution < -0.4 is 11.5 Å². The number of halogens is 1. The number of nitrogens with zero attached hydrogens (tertiary/aromatic N) is 1. The van der Waals surface area contributed by atoms with Gasteiger partial charge >= 0.3 is 0 Å². The highest BCUT2D eigenvalue weighted by Crippen LogP contribution is 2.30. The molecule has 0 aromatic heterocycles. The number of carbonyl (C=O) groups excluding carboxylic acids is 1. The smallest absolute Gasteiger partial charge is 0.221 e. The molecule has 0 saturated carbocycles. The predicted molar refractivity (Wildman–Crippen MR) is 76.3 cm³/mol. The lowest BCUT2D eigenvalue weighted by atomic mass is 9.96. The van der Waals surface area contributed by atoms with Crippen LogP contribution in [0.1, 0.15) is 31.4 Å². The second-order valence-corrected chi connectivity index (χ2v) is 5.45. The summed E-state index contributed by atoms with van der Waals surface area (Å²) in [4.78, 5) is 13.5. The van der Waals surface area contributed by atoms with E-state index in [0.717, 1.165) is 24.9 Å². The van der Waals surface area contributed by atoms with Crippen LogP contribution in [0.25, 0.3) is 0 Å². The molecule has 0 spiro atoms. The third-order valence-electron chi connectivity index (χ3n) is 4.08. The Kier molecular flexibility index (Phi) is 4.73. The van der Waals surface area contributed by atoms with Gasteiger partial charge in [0.1, 0.15) is 5.82 Å². The summed E-state index contributed by atoms with van der Waals surface area (Å²) in [6.45, 7) is 3.38. The Bertz CT molecular complexity index is 480. The van der Waals surface area contributed by atoms with E-state index in [2.05, 4.69) is 4.90 Å². The zero-order chi connectivity index (χ0) is 14.7. The lowest BCUT2D eigenvalue weighted by Gasteiger charge is -2.32. The molecule has 0 aliphatic carbocycles. The summed E-state index contributed by atoms with van der Waals surface area (Å²) < 4.78 is 13.5. The molecule has 1 amide bonds. The van der Waals surface area contributed by atoms with Crippen molar-refractivity contribution in [2.45, 2.75) is 31.8 Å². The molecule has 0 bridgehead atoms. The molecule has 2 rings (SSSR count). The predicted octanol–water partition coefficient (Wildman–Crippen LogP) is 1.41. The first kappa shape index (κ1) is 14.9. The van der Waals surface area contributed by atoms with E-state index >= 15 is 0 Å². The molecular formula is C15H22FN3O. The normalized spacial score (nSPS) is 22.6. The van der Waals surface area contributed by atoms with Crippen molar-refractivity contribution in [2.24, 2.45) is 17.4 Å². The van der Waals surface area contributed by atoms with Gasteiger partial charge in [-0.15, -0.1) is 0 Å². The minimum atomic E-state index is -0.268. The van der Waals surface area contributed by atoms with Crippen molar-refractivity contribution in [1.29, 1.82) is 0 Å². The summed E-state index contributed by atoms with van der Waals surface area (Å²) in [7, 11) is 0. The van der Waals surface area contributed by atoms with E-state index in [1.54, 1.807) is 6.07 Å². The highest BCUT2D eigenvalue weighted by atomic mass is 19.1. The molecular weight excluding hydrogens is 257 g/mol. The number of hydrogen-bond acceptors (Lipinski definition) is 3. The van der Waals surface area contributed by atoms with Crippen molar-refractivity contribution in [3.63, 3.8) is 0 Å². The van der Waals surface area contributed by atoms with E-state index in [4.69, 9.17) is 11.5 Å². The fourth-order valence-corrected chi connectivity index (χ4v) is 2.91. The van der Waals surface area contributed by atoms with Crippen molar-refractivity contribution in [3.8, 4) is 0 Å². The highest BCUT2D eigenvalue weighted by Gasteiger charge is 2.34. The van der Waals surface area contributed by atoms with Gasteiger partial charge in [0.15, 0.2) is 0 Å². The molecule has 1 heterocycles. The van der Waals surface area contributed by atoms with Crippen molar-refractivity contribution in [1.82, 2.24) is 4.90 Å². The maximum Gasteiger partial charge on any atom is 0.221 e. The molecule has 110 valence electrons. The van der Waals surface area contributed by atoms with Gasteiger partial charge in [-0.3, -0.25) is 9.69 Å². The van der Waals surface area contributed by atoms with Gasteiger partial charge in [0.2, 0.25) is 5.91 Å². The number of likely N-dealkylation sites (tertiary alicyclic amines) is 1. The molecule has 1 aliphatic rings. The Morgan fingerprint density at radius 1 is 1.55 bits per heavy atom. The van der Waals surface area contributed by atoms with Crippen molar-refractivity contribution in [2.75, 3.05) is 13.1 Å². The maximum atomic E-state index is 13.5. The zero-order valence-corrected chi connectivity index (χ0v) is 11.8. The fourth-order valence-electron chi connectivity index (χ4n) is 2.91. The molecule has 1 saturated heterocycles. The third-order valence-corrected chi connectivity index (χ3v) is 4.08. The minimum absolute atomic E-state index is 0.0694. The van der Waals surface area contributed by atoms with Crippen LogP contribution in [0.3, 0.4) is 0 Å². The largest absolute Gasteiger partial charge is 0.369 e. The third kappa shape index (κ3) is 3.16. The minimum Gasteiger partial charge on any atom is -0.369 e. The van der Waals surface area contributed by atoms with Crippen LogP contribution in [0.5, 0.6) is 0 Å². The first-order valence-corrected chi connectivity index (χ1v) is 7.07. The van der Waals surface area contributed by atoms with E-state index < -0.39 is 0 Å². The Morgan fingerprint density at radius 3 is 2.85 bits per heavy atom. The van der Waals surface area contributed by atoms with Crippen LogP contribution >= 0.6 is 0 Å². The second kappa shape index (κ2) is 6.33.